The molecule has 0 amide bonds. The van der Waals surface area contributed by atoms with Crippen molar-refractivity contribution in [1.29, 1.82) is 0 Å². The third-order valence-corrected chi connectivity index (χ3v) is 21.9. The molecule has 1 atom stereocenters. The first-order valence-electron chi connectivity index (χ1n) is 39.2. The molecule has 0 aliphatic heterocycles. The topological polar surface area (TPSA) is 4.44 Å². The van der Waals surface area contributed by atoms with Crippen molar-refractivity contribution in [3.63, 3.8) is 0 Å². The van der Waals surface area contributed by atoms with Gasteiger partial charge in [0.1, 0.15) is 58.4 Å². The third kappa shape index (κ3) is 19.1. The fraction of sp³-hybridized carbons (Fsp3) is 0.459. The summed E-state index contributed by atoms with van der Waals surface area (Å²) in [5, 5.41) is -25.0. The molecule has 0 aliphatic rings. The number of hydrogen-bond donors (Lipinski definition) is 1. The molecule has 0 heterocycles. The first-order valence-corrected chi connectivity index (χ1v) is 39.2. The van der Waals surface area contributed by atoms with Gasteiger partial charge in [-0.25, -0.2) is 123 Å². The lowest BCUT2D eigenvalue weighted by atomic mass is 9.12. The second kappa shape index (κ2) is 42.0. The molecule has 1 nitrogen and oxygen atoms in total. The van der Waals surface area contributed by atoms with Gasteiger partial charge in [0.05, 0.1) is 56.2 Å². The largest absolute Gasteiger partial charge is 0.303 e. The van der Waals surface area contributed by atoms with Gasteiger partial charge in [-0.05, 0) is 50.3 Å². The lowest BCUT2D eigenvalue weighted by molar-refractivity contribution is -0.831. The molecule has 30 heteroatoms. The van der Waals surface area contributed by atoms with E-state index in [0.717, 1.165) is 0 Å². The Kier molecular flexibility index (Phi) is 33.8. The number of fused-ring (bicyclic) bond motifs is 4. The van der Waals surface area contributed by atoms with Crippen molar-refractivity contribution < 1.29 is 128 Å². The molecule has 115 heavy (non-hydrogen) atoms. The fourth-order valence-corrected chi connectivity index (χ4v) is 15.8. The minimum atomic E-state index is -7.99. The molecule has 9 rings (SSSR count). The van der Waals surface area contributed by atoms with E-state index in [0.29, 0.717) is 0 Å². The zero-order valence-corrected chi connectivity index (χ0v) is 63.4. The SMILES string of the molecule is CCCCCCCCCCCCCCCCCCCc1ccc([NH+](CC)CCCCCCCCCCCCCCCCCC)cc1.Fc1c(F)c(F)c2c(F)c([B-](c3c(F)c(F)c4c(F)c(F)c(F)c(F)c4c3F)(c3c(F)c(F)c4c(F)c(F)c(F)c(F)c4c3F)c3c(F)c(F)c4c(F)c(F)c(F)c(F)c4c3F)c(F)c(F)c2c1F. The molecular formula is C85H86BF28N. The Hall–Kier alpha value is -7.92. The predicted molar refractivity (Wildman–Crippen MR) is 389 cm³/mol. The molecule has 630 valence electrons. The maximum Gasteiger partial charge on any atom is 0.198 e. The smallest absolute Gasteiger partial charge is 0.198 e. The van der Waals surface area contributed by atoms with Gasteiger partial charge in [0, 0.05) is 0 Å². The lowest BCUT2D eigenvalue weighted by Crippen LogP contribution is -3.06. The average molecular weight is 1660 g/mol. The van der Waals surface area contributed by atoms with Gasteiger partial charge in [-0.3, -0.25) is 0 Å². The number of rotatable bonds is 41. The zero-order valence-electron chi connectivity index (χ0n) is 63.4. The van der Waals surface area contributed by atoms with Crippen molar-refractivity contribution in [3.05, 3.63) is 193 Å². The van der Waals surface area contributed by atoms with E-state index in [1.807, 2.05) is 0 Å². The molecule has 0 saturated heterocycles. The first-order chi connectivity index (χ1) is 54.8. The van der Waals surface area contributed by atoms with Gasteiger partial charge in [0.15, 0.2) is 116 Å². The van der Waals surface area contributed by atoms with Crippen LogP contribution in [0.3, 0.4) is 0 Å². The molecule has 0 bridgehead atoms. The van der Waals surface area contributed by atoms with E-state index < -0.39 is 234 Å². The summed E-state index contributed by atoms with van der Waals surface area (Å²) in [6.07, 6.45) is 41.1. The molecular weight excluding hydrogens is 1580 g/mol. The Morgan fingerprint density at radius 2 is 0.365 bits per heavy atom. The second-order valence-corrected chi connectivity index (χ2v) is 29.4. The van der Waals surface area contributed by atoms with E-state index in [2.05, 4.69) is 45.0 Å². The highest BCUT2D eigenvalue weighted by molar-refractivity contribution is 7.20. The quantitative estimate of drug-likeness (QED) is 0.0128. The Morgan fingerprint density at radius 3 is 0.565 bits per heavy atom. The maximum atomic E-state index is 17.4. The number of benzene rings is 9. The van der Waals surface area contributed by atoms with Crippen LogP contribution in [0.2, 0.25) is 0 Å². The minimum Gasteiger partial charge on any atom is -0.303 e. The first kappa shape index (κ1) is 92.6. The van der Waals surface area contributed by atoms with Crippen LogP contribution in [0.1, 0.15) is 238 Å². The van der Waals surface area contributed by atoms with Crippen LogP contribution < -0.4 is 26.8 Å². The molecule has 0 saturated carbocycles. The fourth-order valence-electron chi connectivity index (χ4n) is 15.8. The van der Waals surface area contributed by atoms with Crippen LogP contribution in [0.25, 0.3) is 43.1 Å². The third-order valence-electron chi connectivity index (χ3n) is 21.9. The van der Waals surface area contributed by atoms with Gasteiger partial charge >= 0.3 is 0 Å². The Balaban J connectivity index is 0.000000314. The Bertz CT molecular complexity index is 4440. The van der Waals surface area contributed by atoms with Crippen molar-refractivity contribution in [1.82, 2.24) is 0 Å². The number of nitrogens with one attached hydrogen (secondary N) is 1. The highest BCUT2D eigenvalue weighted by atomic mass is 19.2. The monoisotopic (exact) mass is 1660 g/mol. The van der Waals surface area contributed by atoms with Crippen LogP contribution in [0.15, 0.2) is 24.3 Å². The summed E-state index contributed by atoms with van der Waals surface area (Å²) in [5.74, 6) is -102. The summed E-state index contributed by atoms with van der Waals surface area (Å²) in [6, 6.07) is 9.69. The van der Waals surface area contributed by atoms with Crippen molar-refractivity contribution in [3.8, 4) is 0 Å². The highest BCUT2D eigenvalue weighted by Gasteiger charge is 2.53. The molecule has 0 aromatic heterocycles. The van der Waals surface area contributed by atoms with E-state index >= 15 is 87.8 Å². The Labute approximate surface area is 647 Å². The summed E-state index contributed by atoms with van der Waals surface area (Å²) in [4.78, 5) is 1.68. The van der Waals surface area contributed by atoms with Gasteiger partial charge in [-0.2, -0.15) is 0 Å². The van der Waals surface area contributed by atoms with Crippen molar-refractivity contribution in [2.75, 3.05) is 13.1 Å². The van der Waals surface area contributed by atoms with Crippen LogP contribution in [0.5, 0.6) is 0 Å². The van der Waals surface area contributed by atoms with Gasteiger partial charge in [-0.1, -0.05) is 219 Å². The van der Waals surface area contributed by atoms with Crippen molar-refractivity contribution in [2.45, 2.75) is 239 Å². The zero-order chi connectivity index (χ0) is 84.6. The van der Waals surface area contributed by atoms with E-state index in [4.69, 9.17) is 0 Å². The summed E-state index contributed by atoms with van der Waals surface area (Å²) in [7, 11) is 0. The van der Waals surface area contributed by atoms with Crippen LogP contribution in [-0.2, 0) is 6.42 Å². The van der Waals surface area contributed by atoms with Crippen LogP contribution in [0, 0.1) is 163 Å². The van der Waals surface area contributed by atoms with Gasteiger partial charge < -0.3 is 4.90 Å². The van der Waals surface area contributed by atoms with Crippen molar-refractivity contribution in [2.24, 2.45) is 0 Å². The number of halogens is 28. The Morgan fingerprint density at radius 1 is 0.191 bits per heavy atom. The minimum absolute atomic E-state index is 1.21. The molecule has 9 aromatic rings. The maximum absolute atomic E-state index is 17.4. The predicted octanol–water partition coefficient (Wildman–Crippen LogP) is 26.3. The number of aryl methyl sites for hydroxylation is 1. The van der Waals surface area contributed by atoms with Crippen LogP contribution in [0.4, 0.5) is 129 Å². The van der Waals surface area contributed by atoms with Gasteiger partial charge in [-0.15, -0.1) is 21.9 Å². The highest BCUT2D eigenvalue weighted by Crippen LogP contribution is 2.42. The van der Waals surface area contributed by atoms with E-state index in [1.165, 1.54) is 237 Å². The summed E-state index contributed by atoms with van der Waals surface area (Å²) in [5.41, 5.74) is -12.8. The molecule has 0 radical (unpaired) electrons. The lowest BCUT2D eigenvalue weighted by Gasteiger charge is -2.45. The van der Waals surface area contributed by atoms with E-state index in [1.54, 1.807) is 10.5 Å². The standard InChI is InChI=1S/C45H85N.C40BF28/c1-4-7-9-11-13-15-17-19-21-23-24-26-28-30-32-34-36-38-44-39-41-45(42-40-44)46(6-3)43-37-35-33-31-29-27-25-22-20-18-16-14-12-10-8-5-2;42-13-1-5(25(54)37(66)33(62)21(1)50)17(46)29(58)9(13)41(10-14(43)2-6(18(47)30(10)59)26(55)38(67)34(63)22(2)51,11-15(44)3-7(19(48)31(11)60)27(56)39(68)35(64)23(3)52)12-16(45)4-8(20(49)32(12)61)28(57)40(69)36(65)24(4)53/h39-42H,4-38,43H2,1-3H3;/q;-1/p+1. The second-order valence-electron chi connectivity index (χ2n) is 29.4. The van der Waals surface area contributed by atoms with E-state index in [-0.39, 0.29) is 0 Å². The molecule has 0 aliphatic carbocycles. The molecule has 1 unspecified atom stereocenters. The van der Waals surface area contributed by atoms with E-state index in [9.17, 15) is 35.1 Å². The normalized spacial score (nSPS) is 12.3. The average Bonchev–Trinajstić information content (AvgIpc) is 0.668. The van der Waals surface area contributed by atoms with Gasteiger partial charge in [0.25, 0.3) is 0 Å². The molecule has 9 aromatic carbocycles. The number of hydrogen-bond acceptors (Lipinski definition) is 0. The number of quaternary nitrogens is 1. The summed E-state index contributed by atoms with van der Waals surface area (Å²) < 4.78 is 442. The van der Waals surface area contributed by atoms with Crippen LogP contribution in [-0.4, -0.2) is 19.2 Å². The summed E-state index contributed by atoms with van der Waals surface area (Å²) >= 11 is 0. The van der Waals surface area contributed by atoms with Crippen LogP contribution >= 0.6 is 0 Å². The molecule has 0 fully saturated rings. The van der Waals surface area contributed by atoms with Crippen molar-refractivity contribution >= 4 is 76.8 Å². The summed E-state index contributed by atoms with van der Waals surface area (Å²) in [6.45, 7) is 9.48. The van der Waals surface area contributed by atoms with Gasteiger partial charge in [0.2, 0.25) is 0 Å². The molecule has 1 N–H and O–H groups in total. The molecule has 0 spiro atoms. The number of unbranched alkanes of at least 4 members (excludes halogenated alkanes) is 31.